The fourth-order valence-corrected chi connectivity index (χ4v) is 3.05. The number of nitrogens with zero attached hydrogens (tertiary/aromatic N) is 2. The molecule has 0 unspecified atom stereocenters. The number of benzene rings is 3. The van der Waals surface area contributed by atoms with E-state index in [0.29, 0.717) is 34.3 Å². The van der Waals surface area contributed by atoms with Crippen molar-refractivity contribution in [2.24, 2.45) is 5.73 Å². The van der Waals surface area contributed by atoms with Crippen molar-refractivity contribution in [3.05, 3.63) is 83.9 Å². The van der Waals surface area contributed by atoms with Crippen LogP contribution >= 0.6 is 0 Å². The van der Waals surface area contributed by atoms with E-state index in [1.165, 1.54) is 0 Å². The van der Waals surface area contributed by atoms with Gasteiger partial charge in [0.15, 0.2) is 0 Å². The fourth-order valence-electron chi connectivity index (χ4n) is 3.05. The van der Waals surface area contributed by atoms with Crippen molar-refractivity contribution in [1.29, 1.82) is 0 Å². The van der Waals surface area contributed by atoms with Crippen LogP contribution in [0, 0.1) is 6.92 Å². The highest BCUT2D eigenvalue weighted by Crippen LogP contribution is 2.26. The van der Waals surface area contributed by atoms with Gasteiger partial charge in [-0.25, -0.2) is 4.79 Å². The second kappa shape index (κ2) is 8.50. The van der Waals surface area contributed by atoms with E-state index in [4.69, 9.17) is 10.2 Å². The third-order valence-electron chi connectivity index (χ3n) is 4.58. The molecular weight excluding hydrogens is 394 g/mol. The van der Waals surface area contributed by atoms with Crippen LogP contribution in [-0.4, -0.2) is 22.1 Å². The minimum absolute atomic E-state index is 0.297. The molecule has 4 rings (SSSR count). The van der Waals surface area contributed by atoms with Crippen LogP contribution in [0.5, 0.6) is 0 Å². The zero-order valence-corrected chi connectivity index (χ0v) is 16.6. The summed E-state index contributed by atoms with van der Waals surface area (Å²) in [5.41, 5.74) is 9.21. The van der Waals surface area contributed by atoms with Gasteiger partial charge in [0.2, 0.25) is 11.8 Å². The zero-order valence-electron chi connectivity index (χ0n) is 16.6. The summed E-state index contributed by atoms with van der Waals surface area (Å²) < 4.78 is 5.81. The van der Waals surface area contributed by atoms with E-state index in [2.05, 4.69) is 20.8 Å². The fraction of sp³-hybridized carbons (Fsp3) is 0.0435. The minimum atomic E-state index is -0.675. The molecule has 0 atom stereocenters. The molecule has 4 aromatic rings. The van der Waals surface area contributed by atoms with Crippen molar-refractivity contribution in [1.82, 2.24) is 10.2 Å². The molecule has 0 spiro atoms. The van der Waals surface area contributed by atoms with Gasteiger partial charge in [0.05, 0.1) is 0 Å². The Hall–Kier alpha value is -4.46. The van der Waals surface area contributed by atoms with Gasteiger partial charge < -0.3 is 20.8 Å². The molecule has 31 heavy (non-hydrogen) atoms. The third-order valence-corrected chi connectivity index (χ3v) is 4.58. The highest BCUT2D eigenvalue weighted by molar-refractivity contribution is 6.04. The number of carbonyl (C=O) groups excluding carboxylic acids is 2. The number of rotatable bonds is 5. The predicted octanol–water partition coefficient (Wildman–Crippen LogP) is 4.45. The Bertz CT molecular complexity index is 1250. The number of urea groups is 1. The molecule has 0 bridgehead atoms. The number of hydrogen-bond donors (Lipinski definition) is 3. The van der Waals surface area contributed by atoms with Gasteiger partial charge in [0, 0.05) is 28.1 Å². The molecule has 1 aromatic heterocycles. The number of aryl methyl sites for hydroxylation is 1. The molecule has 0 aliphatic rings. The topological polar surface area (TPSA) is 123 Å². The normalized spacial score (nSPS) is 10.5. The standard InChI is InChI=1S/C23H19N5O3/c1-14-5-2-3-8-19(14)22-28-27-21(31-22)16-11-9-15(10-12-16)20(29)25-17-6-4-7-18(13-17)26-23(24)30/h2-13H,1H3,(H,25,29)(H3,24,26,30). The number of primary amides is 1. The van der Waals surface area contributed by atoms with Gasteiger partial charge in [-0.05, 0) is 61.0 Å². The first-order valence-corrected chi connectivity index (χ1v) is 9.47. The van der Waals surface area contributed by atoms with Gasteiger partial charge in [0.25, 0.3) is 5.91 Å². The first-order chi connectivity index (χ1) is 15.0. The Labute approximate surface area is 178 Å². The van der Waals surface area contributed by atoms with Crippen LogP contribution in [0.2, 0.25) is 0 Å². The molecule has 8 heteroatoms. The van der Waals surface area contributed by atoms with Crippen LogP contribution < -0.4 is 16.4 Å². The van der Waals surface area contributed by atoms with Crippen molar-refractivity contribution in [2.45, 2.75) is 6.92 Å². The largest absolute Gasteiger partial charge is 0.416 e. The van der Waals surface area contributed by atoms with E-state index in [9.17, 15) is 9.59 Å². The molecule has 3 amide bonds. The summed E-state index contributed by atoms with van der Waals surface area (Å²) in [5, 5.41) is 13.5. The van der Waals surface area contributed by atoms with Crippen molar-refractivity contribution < 1.29 is 14.0 Å². The Kier molecular flexibility index (Phi) is 5.44. The summed E-state index contributed by atoms with van der Waals surface area (Å²) >= 11 is 0. The lowest BCUT2D eigenvalue weighted by Crippen LogP contribution is -2.19. The van der Waals surface area contributed by atoms with E-state index in [1.54, 1.807) is 48.5 Å². The first-order valence-electron chi connectivity index (χ1n) is 9.47. The maximum atomic E-state index is 12.5. The summed E-state index contributed by atoms with van der Waals surface area (Å²) in [6.07, 6.45) is 0. The summed E-state index contributed by atoms with van der Waals surface area (Å²) in [6, 6.07) is 20.6. The van der Waals surface area contributed by atoms with E-state index < -0.39 is 6.03 Å². The van der Waals surface area contributed by atoms with Gasteiger partial charge in [0.1, 0.15) is 0 Å². The minimum Gasteiger partial charge on any atom is -0.416 e. The summed E-state index contributed by atoms with van der Waals surface area (Å²) in [6.45, 7) is 1.98. The van der Waals surface area contributed by atoms with Gasteiger partial charge in [-0.1, -0.05) is 24.3 Å². The Balaban J connectivity index is 1.48. The Morgan fingerprint density at radius 3 is 2.23 bits per heavy atom. The van der Waals surface area contributed by atoms with Crippen LogP contribution in [0.25, 0.3) is 22.9 Å². The monoisotopic (exact) mass is 413 g/mol. The average Bonchev–Trinajstić information content (AvgIpc) is 3.24. The zero-order chi connectivity index (χ0) is 21.8. The van der Waals surface area contributed by atoms with Gasteiger partial charge in [-0.3, -0.25) is 4.79 Å². The van der Waals surface area contributed by atoms with E-state index in [0.717, 1.165) is 11.1 Å². The van der Waals surface area contributed by atoms with Crippen molar-refractivity contribution >= 4 is 23.3 Å². The number of hydrogen-bond acceptors (Lipinski definition) is 5. The molecule has 0 aliphatic heterocycles. The smallest absolute Gasteiger partial charge is 0.316 e. The summed E-state index contributed by atoms with van der Waals surface area (Å²) in [4.78, 5) is 23.5. The van der Waals surface area contributed by atoms with Crippen LogP contribution in [-0.2, 0) is 0 Å². The molecule has 8 nitrogen and oxygen atoms in total. The van der Waals surface area contributed by atoms with Crippen LogP contribution in [0.3, 0.4) is 0 Å². The van der Waals surface area contributed by atoms with Gasteiger partial charge in [-0.15, -0.1) is 10.2 Å². The number of carbonyl (C=O) groups is 2. The van der Waals surface area contributed by atoms with Crippen molar-refractivity contribution in [3.8, 4) is 22.9 Å². The van der Waals surface area contributed by atoms with Crippen molar-refractivity contribution in [3.63, 3.8) is 0 Å². The first kappa shape index (κ1) is 19.8. The van der Waals surface area contributed by atoms with Crippen molar-refractivity contribution in [2.75, 3.05) is 10.6 Å². The second-order valence-electron chi connectivity index (χ2n) is 6.83. The predicted molar refractivity (Wildman–Crippen MR) is 118 cm³/mol. The molecule has 3 aromatic carbocycles. The maximum Gasteiger partial charge on any atom is 0.316 e. The summed E-state index contributed by atoms with van der Waals surface area (Å²) in [5.74, 6) is 0.517. The molecule has 0 saturated heterocycles. The van der Waals surface area contributed by atoms with Crippen LogP contribution in [0.4, 0.5) is 16.2 Å². The van der Waals surface area contributed by atoms with E-state index in [1.807, 2.05) is 31.2 Å². The molecular formula is C23H19N5O3. The quantitative estimate of drug-likeness (QED) is 0.446. The lowest BCUT2D eigenvalue weighted by atomic mass is 10.1. The SMILES string of the molecule is Cc1ccccc1-c1nnc(-c2ccc(C(=O)Nc3cccc(NC(N)=O)c3)cc2)o1. The van der Waals surface area contributed by atoms with Crippen LogP contribution in [0.15, 0.2) is 77.2 Å². The lowest BCUT2D eigenvalue weighted by molar-refractivity contribution is 0.102. The van der Waals surface area contributed by atoms with E-state index >= 15 is 0 Å². The van der Waals surface area contributed by atoms with Gasteiger partial charge >= 0.3 is 6.03 Å². The number of nitrogens with two attached hydrogens (primary N) is 1. The Morgan fingerprint density at radius 1 is 0.839 bits per heavy atom. The lowest BCUT2D eigenvalue weighted by Gasteiger charge is -2.08. The molecule has 0 fully saturated rings. The molecule has 0 radical (unpaired) electrons. The highest BCUT2D eigenvalue weighted by atomic mass is 16.4. The number of amides is 3. The highest BCUT2D eigenvalue weighted by Gasteiger charge is 2.13. The molecule has 154 valence electrons. The third kappa shape index (κ3) is 4.59. The molecule has 1 heterocycles. The van der Waals surface area contributed by atoms with E-state index in [-0.39, 0.29) is 5.91 Å². The maximum absolute atomic E-state index is 12.5. The molecule has 0 aliphatic carbocycles. The summed E-state index contributed by atoms with van der Waals surface area (Å²) in [7, 11) is 0. The van der Waals surface area contributed by atoms with Gasteiger partial charge in [-0.2, -0.15) is 0 Å². The molecule has 4 N–H and O–H groups in total. The second-order valence-corrected chi connectivity index (χ2v) is 6.83. The average molecular weight is 413 g/mol. The van der Waals surface area contributed by atoms with Crippen LogP contribution in [0.1, 0.15) is 15.9 Å². The number of anilines is 2. The molecule has 0 saturated carbocycles. The number of aromatic nitrogens is 2. The number of nitrogens with one attached hydrogen (secondary N) is 2. The Morgan fingerprint density at radius 2 is 1.52 bits per heavy atom.